The van der Waals surface area contributed by atoms with Gasteiger partial charge in [-0.2, -0.15) is 0 Å². The van der Waals surface area contributed by atoms with Gasteiger partial charge in [-0.15, -0.1) is 0 Å². The molecule has 0 spiro atoms. The number of para-hydroxylation sites is 1. The Morgan fingerprint density at radius 2 is 1.53 bits per heavy atom. The molecule has 0 saturated heterocycles. The maximum atomic E-state index is 13.6. The van der Waals surface area contributed by atoms with Crippen LogP contribution >= 0.6 is 0 Å². The SMILES string of the molecule is CC[C@H](NC(=O)c1c(NC)c(-c2ccccc2)nc2ccccc12)c1ccccc1. The number of amides is 1. The normalized spacial score (nSPS) is 11.8. The van der Waals surface area contributed by atoms with Crippen molar-refractivity contribution in [2.45, 2.75) is 19.4 Å². The van der Waals surface area contributed by atoms with Crippen molar-refractivity contribution in [3.63, 3.8) is 0 Å². The van der Waals surface area contributed by atoms with Crippen molar-refractivity contribution in [1.29, 1.82) is 0 Å². The quantitative estimate of drug-likeness (QED) is 0.432. The van der Waals surface area contributed by atoms with Gasteiger partial charge >= 0.3 is 0 Å². The Balaban J connectivity index is 1.85. The molecule has 1 aromatic heterocycles. The Bertz CT molecular complexity index is 1160. The molecule has 2 N–H and O–H groups in total. The monoisotopic (exact) mass is 395 g/mol. The molecule has 0 bridgehead atoms. The molecule has 0 saturated carbocycles. The first kappa shape index (κ1) is 19.6. The number of hydrogen-bond acceptors (Lipinski definition) is 3. The van der Waals surface area contributed by atoms with Crippen LogP contribution in [0, 0.1) is 0 Å². The molecule has 1 atom stereocenters. The molecule has 4 rings (SSSR count). The molecule has 4 nitrogen and oxygen atoms in total. The Morgan fingerprint density at radius 3 is 2.20 bits per heavy atom. The molecule has 0 aliphatic rings. The minimum absolute atomic E-state index is 0.0597. The van der Waals surface area contributed by atoms with Gasteiger partial charge in [-0.25, -0.2) is 4.98 Å². The lowest BCUT2D eigenvalue weighted by molar-refractivity contribution is 0.0938. The molecule has 0 unspecified atom stereocenters. The van der Waals surface area contributed by atoms with E-state index < -0.39 is 0 Å². The van der Waals surface area contributed by atoms with Gasteiger partial charge in [0, 0.05) is 18.0 Å². The lowest BCUT2D eigenvalue weighted by Gasteiger charge is -2.21. The van der Waals surface area contributed by atoms with Crippen LogP contribution in [0.2, 0.25) is 0 Å². The molecule has 0 aliphatic carbocycles. The zero-order valence-corrected chi connectivity index (χ0v) is 17.2. The molecule has 4 heteroatoms. The van der Waals surface area contributed by atoms with Crippen molar-refractivity contribution in [2.75, 3.05) is 12.4 Å². The topological polar surface area (TPSA) is 54.0 Å². The third-order valence-electron chi connectivity index (χ3n) is 5.33. The van der Waals surface area contributed by atoms with Gasteiger partial charge in [0.25, 0.3) is 5.91 Å². The summed E-state index contributed by atoms with van der Waals surface area (Å²) in [5.74, 6) is -0.106. The van der Waals surface area contributed by atoms with Crippen LogP contribution in [-0.4, -0.2) is 17.9 Å². The van der Waals surface area contributed by atoms with Gasteiger partial charge in [-0.05, 0) is 18.1 Å². The largest absolute Gasteiger partial charge is 0.386 e. The highest BCUT2D eigenvalue weighted by Gasteiger charge is 2.23. The van der Waals surface area contributed by atoms with Gasteiger partial charge in [0.05, 0.1) is 28.5 Å². The molecule has 0 fully saturated rings. The minimum Gasteiger partial charge on any atom is -0.386 e. The Morgan fingerprint density at radius 1 is 0.900 bits per heavy atom. The fourth-order valence-corrected chi connectivity index (χ4v) is 3.83. The van der Waals surface area contributed by atoms with E-state index in [0.717, 1.165) is 39.8 Å². The summed E-state index contributed by atoms with van der Waals surface area (Å²) < 4.78 is 0. The number of anilines is 1. The van der Waals surface area contributed by atoms with E-state index in [1.165, 1.54) is 0 Å². The van der Waals surface area contributed by atoms with Gasteiger partial charge in [0.2, 0.25) is 0 Å². The van der Waals surface area contributed by atoms with Crippen molar-refractivity contribution in [3.8, 4) is 11.3 Å². The summed E-state index contributed by atoms with van der Waals surface area (Å²) in [4.78, 5) is 18.5. The van der Waals surface area contributed by atoms with E-state index in [9.17, 15) is 4.79 Å². The molecule has 150 valence electrons. The number of carbonyl (C=O) groups is 1. The summed E-state index contributed by atoms with van der Waals surface area (Å²) in [6, 6.07) is 27.8. The predicted molar refractivity (Wildman–Crippen MR) is 124 cm³/mol. The van der Waals surface area contributed by atoms with E-state index in [2.05, 4.69) is 17.6 Å². The molecule has 4 aromatic rings. The summed E-state index contributed by atoms with van der Waals surface area (Å²) in [5, 5.41) is 7.32. The lowest BCUT2D eigenvalue weighted by atomic mass is 9.99. The number of nitrogens with zero attached hydrogens (tertiary/aromatic N) is 1. The third kappa shape index (κ3) is 3.77. The van der Waals surface area contributed by atoms with Crippen LogP contribution in [0.25, 0.3) is 22.2 Å². The van der Waals surface area contributed by atoms with Gasteiger partial charge in [-0.1, -0.05) is 85.8 Å². The minimum atomic E-state index is -0.106. The van der Waals surface area contributed by atoms with Crippen molar-refractivity contribution in [1.82, 2.24) is 10.3 Å². The number of pyridine rings is 1. The molecule has 0 aliphatic heterocycles. The van der Waals surface area contributed by atoms with Crippen molar-refractivity contribution in [2.24, 2.45) is 0 Å². The van der Waals surface area contributed by atoms with Gasteiger partial charge < -0.3 is 10.6 Å². The lowest BCUT2D eigenvalue weighted by Crippen LogP contribution is -2.29. The van der Waals surface area contributed by atoms with Crippen LogP contribution in [0.3, 0.4) is 0 Å². The highest BCUT2D eigenvalue weighted by Crippen LogP contribution is 2.34. The molecule has 1 amide bonds. The maximum Gasteiger partial charge on any atom is 0.254 e. The van der Waals surface area contributed by atoms with E-state index in [1.54, 1.807) is 0 Å². The van der Waals surface area contributed by atoms with Crippen LogP contribution in [-0.2, 0) is 0 Å². The first-order valence-corrected chi connectivity index (χ1v) is 10.2. The zero-order chi connectivity index (χ0) is 20.9. The van der Waals surface area contributed by atoms with Crippen molar-refractivity contribution >= 4 is 22.5 Å². The molecule has 3 aromatic carbocycles. The number of fused-ring (bicyclic) bond motifs is 1. The molecular weight excluding hydrogens is 370 g/mol. The molecular formula is C26H25N3O. The second-order valence-electron chi connectivity index (χ2n) is 7.19. The first-order chi connectivity index (χ1) is 14.7. The van der Waals surface area contributed by atoms with Crippen LogP contribution in [0.15, 0.2) is 84.9 Å². The molecule has 0 radical (unpaired) electrons. The molecule has 30 heavy (non-hydrogen) atoms. The van der Waals surface area contributed by atoms with Crippen LogP contribution in [0.4, 0.5) is 5.69 Å². The van der Waals surface area contributed by atoms with Crippen LogP contribution < -0.4 is 10.6 Å². The van der Waals surface area contributed by atoms with Gasteiger partial charge in [0.1, 0.15) is 0 Å². The summed E-state index contributed by atoms with van der Waals surface area (Å²) in [7, 11) is 1.84. The second-order valence-corrected chi connectivity index (χ2v) is 7.19. The number of carbonyl (C=O) groups excluding carboxylic acids is 1. The zero-order valence-electron chi connectivity index (χ0n) is 17.2. The number of aromatic nitrogens is 1. The summed E-state index contributed by atoms with van der Waals surface area (Å²) in [5.41, 5.74) is 5.00. The third-order valence-corrected chi connectivity index (χ3v) is 5.33. The van der Waals surface area contributed by atoms with Crippen LogP contribution in [0.5, 0.6) is 0 Å². The fraction of sp³-hybridized carbons (Fsp3) is 0.154. The highest BCUT2D eigenvalue weighted by atomic mass is 16.1. The van der Waals surface area contributed by atoms with Crippen LogP contribution in [0.1, 0.15) is 35.3 Å². The summed E-state index contributed by atoms with van der Waals surface area (Å²) >= 11 is 0. The first-order valence-electron chi connectivity index (χ1n) is 10.2. The van der Waals surface area contributed by atoms with E-state index in [0.29, 0.717) is 5.56 Å². The number of rotatable bonds is 6. The number of benzene rings is 3. The van der Waals surface area contributed by atoms with E-state index in [-0.39, 0.29) is 11.9 Å². The fourth-order valence-electron chi connectivity index (χ4n) is 3.83. The van der Waals surface area contributed by atoms with Crippen molar-refractivity contribution in [3.05, 3.63) is 96.1 Å². The standard InChI is InChI=1S/C26H25N3O/c1-3-21(18-12-6-4-7-13-18)29-26(30)23-20-16-10-11-17-22(20)28-24(25(23)27-2)19-14-8-5-9-15-19/h4-17,21,27H,3H2,1-2H3,(H,29,30)/t21-/m0/s1. The molecule has 1 heterocycles. The highest BCUT2D eigenvalue weighted by molar-refractivity contribution is 6.13. The van der Waals surface area contributed by atoms with E-state index in [1.807, 2.05) is 92.0 Å². The van der Waals surface area contributed by atoms with Gasteiger partial charge in [-0.3, -0.25) is 4.79 Å². The Labute approximate surface area is 177 Å². The summed E-state index contributed by atoms with van der Waals surface area (Å²) in [6.45, 7) is 2.08. The maximum absolute atomic E-state index is 13.6. The van der Waals surface area contributed by atoms with Crippen molar-refractivity contribution < 1.29 is 4.79 Å². The van der Waals surface area contributed by atoms with E-state index >= 15 is 0 Å². The average molecular weight is 396 g/mol. The second kappa shape index (κ2) is 8.78. The predicted octanol–water partition coefficient (Wildman–Crippen LogP) is 5.82. The number of hydrogen-bond donors (Lipinski definition) is 2. The Hall–Kier alpha value is -3.66. The summed E-state index contributed by atoms with van der Waals surface area (Å²) in [6.07, 6.45) is 0.805. The number of nitrogens with one attached hydrogen (secondary N) is 2. The smallest absolute Gasteiger partial charge is 0.254 e. The van der Waals surface area contributed by atoms with Gasteiger partial charge in [0.15, 0.2) is 0 Å². The van der Waals surface area contributed by atoms with E-state index in [4.69, 9.17) is 4.98 Å². The average Bonchev–Trinajstić information content (AvgIpc) is 2.82. The Kier molecular flexibility index (Phi) is 5.75.